The number of hydrogen-bond acceptors (Lipinski definition) is 5. The van der Waals surface area contributed by atoms with Gasteiger partial charge in [-0.1, -0.05) is 0 Å². The van der Waals surface area contributed by atoms with Gasteiger partial charge in [0, 0.05) is 19.3 Å². The molecule has 2 N–H and O–H groups in total. The Morgan fingerprint density at radius 2 is 2.29 bits per heavy atom. The molecule has 0 amide bonds. The zero-order valence-electron chi connectivity index (χ0n) is 10.6. The van der Waals surface area contributed by atoms with Crippen LogP contribution in [0.3, 0.4) is 0 Å². The average Bonchev–Trinajstić information content (AvgIpc) is 2.72. The Balaban J connectivity index is 2.18. The number of aliphatic hydroxyl groups excluding tert-OH is 1. The fourth-order valence-corrected chi connectivity index (χ4v) is 1.33. The number of nitrogens with one attached hydrogen (secondary N) is 1. The Labute approximate surface area is 102 Å². The number of anilines is 1. The minimum atomic E-state index is 0.0659. The summed E-state index contributed by atoms with van der Waals surface area (Å²) < 4.78 is 7.00. The summed E-state index contributed by atoms with van der Waals surface area (Å²) >= 11 is 0. The van der Waals surface area contributed by atoms with Gasteiger partial charge in [-0.05, 0) is 14.1 Å². The molecule has 1 rings (SSSR count). The molecule has 0 aliphatic carbocycles. The molecule has 0 aromatic carbocycles. The van der Waals surface area contributed by atoms with Crippen LogP contribution < -0.4 is 5.32 Å². The highest BCUT2D eigenvalue weighted by atomic mass is 16.5. The van der Waals surface area contributed by atoms with Crippen LogP contribution in [0, 0.1) is 0 Å². The van der Waals surface area contributed by atoms with Crippen LogP contribution >= 0.6 is 0 Å². The van der Waals surface area contributed by atoms with Gasteiger partial charge in [0.1, 0.15) is 0 Å². The molecule has 0 spiro atoms. The number of hydrogen-bond donors (Lipinski definition) is 2. The van der Waals surface area contributed by atoms with E-state index in [1.807, 2.05) is 31.2 Å². The summed E-state index contributed by atoms with van der Waals surface area (Å²) in [7, 11) is 4.09. The first-order chi connectivity index (χ1) is 8.22. The topological polar surface area (TPSA) is 62.6 Å². The molecule has 0 fully saturated rings. The van der Waals surface area contributed by atoms with Crippen LogP contribution in [0.25, 0.3) is 0 Å². The van der Waals surface area contributed by atoms with Crippen molar-refractivity contribution in [1.29, 1.82) is 0 Å². The lowest BCUT2D eigenvalue weighted by atomic mass is 10.5. The third kappa shape index (κ3) is 6.25. The number of likely N-dealkylation sites (N-methyl/N-ethyl adjacent to an activating group) is 1. The highest BCUT2D eigenvalue weighted by molar-refractivity contribution is 5.37. The molecule has 0 aliphatic rings. The summed E-state index contributed by atoms with van der Waals surface area (Å²) in [6.45, 7) is 3.62. The molecule has 6 nitrogen and oxygen atoms in total. The van der Waals surface area contributed by atoms with Crippen LogP contribution in [0.5, 0.6) is 0 Å². The van der Waals surface area contributed by atoms with Crippen molar-refractivity contribution in [3.63, 3.8) is 0 Å². The van der Waals surface area contributed by atoms with Gasteiger partial charge in [-0.3, -0.25) is 4.68 Å². The smallest absolute Gasteiger partial charge is 0.0726 e. The van der Waals surface area contributed by atoms with E-state index in [9.17, 15) is 0 Å². The third-order valence-electron chi connectivity index (χ3n) is 2.22. The molecular weight excluding hydrogens is 220 g/mol. The normalized spacial score (nSPS) is 11.1. The lowest BCUT2D eigenvalue weighted by molar-refractivity contribution is 0.0854. The maximum atomic E-state index is 8.55. The first-order valence-corrected chi connectivity index (χ1v) is 5.82. The van der Waals surface area contributed by atoms with E-state index in [0.29, 0.717) is 19.8 Å². The fourth-order valence-electron chi connectivity index (χ4n) is 1.33. The van der Waals surface area contributed by atoms with E-state index in [2.05, 4.69) is 15.3 Å². The lowest BCUT2D eigenvalue weighted by Crippen LogP contribution is -2.20. The zero-order valence-corrected chi connectivity index (χ0v) is 10.6. The molecule has 98 valence electrons. The second kappa shape index (κ2) is 8.05. The van der Waals surface area contributed by atoms with Crippen molar-refractivity contribution in [2.24, 2.45) is 0 Å². The summed E-state index contributed by atoms with van der Waals surface area (Å²) in [5.41, 5.74) is 1.02. The van der Waals surface area contributed by atoms with Gasteiger partial charge in [0.2, 0.25) is 0 Å². The summed E-state index contributed by atoms with van der Waals surface area (Å²) in [6.07, 6.45) is 3.76. The van der Waals surface area contributed by atoms with E-state index in [4.69, 9.17) is 9.84 Å². The lowest BCUT2D eigenvalue weighted by Gasteiger charge is -2.09. The molecule has 1 heterocycles. The highest BCUT2D eigenvalue weighted by Crippen LogP contribution is 2.03. The maximum Gasteiger partial charge on any atom is 0.0726 e. The predicted octanol–water partition coefficient (Wildman–Crippen LogP) is -0.134. The van der Waals surface area contributed by atoms with Crippen molar-refractivity contribution in [1.82, 2.24) is 14.7 Å². The minimum absolute atomic E-state index is 0.0659. The summed E-state index contributed by atoms with van der Waals surface area (Å²) in [5, 5.41) is 16.0. The Hall–Kier alpha value is -1.11. The van der Waals surface area contributed by atoms with Gasteiger partial charge in [-0.15, -0.1) is 0 Å². The Morgan fingerprint density at radius 1 is 1.47 bits per heavy atom. The van der Waals surface area contributed by atoms with Gasteiger partial charge < -0.3 is 20.1 Å². The summed E-state index contributed by atoms with van der Waals surface area (Å²) in [4.78, 5) is 2.13. The molecule has 0 aliphatic heterocycles. The van der Waals surface area contributed by atoms with E-state index < -0.39 is 0 Å². The Kier molecular flexibility index (Phi) is 6.61. The molecule has 0 saturated carbocycles. The summed E-state index contributed by atoms with van der Waals surface area (Å²) in [6, 6.07) is 0. The Morgan fingerprint density at radius 3 is 3.00 bits per heavy atom. The van der Waals surface area contributed by atoms with E-state index >= 15 is 0 Å². The molecule has 0 bridgehead atoms. The van der Waals surface area contributed by atoms with Gasteiger partial charge in [-0.25, -0.2) is 0 Å². The van der Waals surface area contributed by atoms with E-state index in [1.54, 1.807) is 0 Å². The van der Waals surface area contributed by atoms with Crippen LogP contribution in [-0.4, -0.2) is 66.8 Å². The largest absolute Gasteiger partial charge is 0.394 e. The monoisotopic (exact) mass is 242 g/mol. The first-order valence-electron chi connectivity index (χ1n) is 5.82. The number of aliphatic hydroxyl groups is 1. The number of nitrogens with zero attached hydrogens (tertiary/aromatic N) is 3. The fraction of sp³-hybridized carbons (Fsp3) is 0.727. The van der Waals surface area contributed by atoms with Gasteiger partial charge >= 0.3 is 0 Å². The van der Waals surface area contributed by atoms with E-state index in [1.165, 1.54) is 0 Å². The van der Waals surface area contributed by atoms with Crippen LogP contribution in [-0.2, 0) is 11.3 Å². The van der Waals surface area contributed by atoms with Crippen LogP contribution in [0.2, 0.25) is 0 Å². The number of aromatic nitrogens is 2. The highest BCUT2D eigenvalue weighted by Gasteiger charge is 1.98. The van der Waals surface area contributed by atoms with Crippen molar-refractivity contribution >= 4 is 5.69 Å². The van der Waals surface area contributed by atoms with Crippen molar-refractivity contribution in [3.05, 3.63) is 12.4 Å². The number of ether oxygens (including phenoxy) is 1. The molecule has 1 aromatic rings. The van der Waals surface area contributed by atoms with Crippen LogP contribution in [0.1, 0.15) is 0 Å². The second-order valence-corrected chi connectivity index (χ2v) is 4.06. The van der Waals surface area contributed by atoms with Crippen LogP contribution in [0.15, 0.2) is 12.4 Å². The maximum absolute atomic E-state index is 8.55. The SMILES string of the molecule is CN(C)CCNc1cnn(CCOCCO)c1. The first kappa shape index (κ1) is 14.0. The molecular formula is C11H22N4O2. The minimum Gasteiger partial charge on any atom is -0.394 e. The molecule has 0 radical (unpaired) electrons. The third-order valence-corrected chi connectivity index (χ3v) is 2.22. The Bertz CT molecular complexity index is 301. The molecule has 1 aromatic heterocycles. The molecule has 0 saturated heterocycles. The molecule has 0 atom stereocenters. The molecule has 6 heteroatoms. The van der Waals surface area contributed by atoms with Crippen molar-refractivity contribution in [2.45, 2.75) is 6.54 Å². The van der Waals surface area contributed by atoms with Crippen LogP contribution in [0.4, 0.5) is 5.69 Å². The predicted molar refractivity (Wildman–Crippen MR) is 67.2 cm³/mol. The van der Waals surface area contributed by atoms with Gasteiger partial charge in [-0.2, -0.15) is 5.10 Å². The van der Waals surface area contributed by atoms with Gasteiger partial charge in [0.25, 0.3) is 0 Å². The molecule has 17 heavy (non-hydrogen) atoms. The van der Waals surface area contributed by atoms with Gasteiger partial charge in [0.15, 0.2) is 0 Å². The van der Waals surface area contributed by atoms with Crippen molar-refractivity contribution < 1.29 is 9.84 Å². The number of rotatable bonds is 9. The standard InChI is InChI=1S/C11H22N4O2/c1-14(2)4-3-12-11-9-13-15(10-11)5-7-17-8-6-16/h9-10,12,16H,3-8H2,1-2H3. The van der Waals surface area contributed by atoms with Crippen molar-refractivity contribution in [2.75, 3.05) is 52.3 Å². The molecule has 0 unspecified atom stereocenters. The van der Waals surface area contributed by atoms with E-state index in [0.717, 1.165) is 18.8 Å². The van der Waals surface area contributed by atoms with E-state index in [-0.39, 0.29) is 6.61 Å². The quantitative estimate of drug-likeness (QED) is 0.590. The second-order valence-electron chi connectivity index (χ2n) is 4.06. The average molecular weight is 242 g/mol. The van der Waals surface area contributed by atoms with Gasteiger partial charge in [0.05, 0.1) is 38.2 Å². The zero-order chi connectivity index (χ0) is 12.5. The summed E-state index contributed by atoms with van der Waals surface area (Å²) in [5.74, 6) is 0. The van der Waals surface area contributed by atoms with Crippen molar-refractivity contribution in [3.8, 4) is 0 Å².